The van der Waals surface area contributed by atoms with E-state index in [1.807, 2.05) is 0 Å². The molecule has 1 aliphatic heterocycles. The van der Waals surface area contributed by atoms with Gasteiger partial charge in [0.25, 0.3) is 0 Å². The first kappa shape index (κ1) is 14.1. The Kier molecular flexibility index (Phi) is 3.88. The summed E-state index contributed by atoms with van der Waals surface area (Å²) in [6.07, 6.45) is 7.59. The molecule has 3 rings (SSSR count). The molecule has 6 heteroatoms. The average molecular weight is 297 g/mol. The Bertz CT molecular complexity index is 567. The van der Waals surface area contributed by atoms with Crippen molar-refractivity contribution < 1.29 is 8.42 Å². The molecule has 3 N–H and O–H groups in total. The molecule has 1 saturated heterocycles. The van der Waals surface area contributed by atoms with Crippen LogP contribution in [0.5, 0.6) is 0 Å². The lowest BCUT2D eigenvalue weighted by atomic mass is 9.76. The number of sulfonamides is 1. The zero-order valence-electron chi connectivity index (χ0n) is 11.7. The maximum atomic E-state index is 12.7. The van der Waals surface area contributed by atoms with Gasteiger partial charge in [-0.2, -0.15) is 4.31 Å². The molecule has 0 aromatic carbocycles. The molecule has 1 aliphatic carbocycles. The van der Waals surface area contributed by atoms with Gasteiger partial charge in [-0.25, -0.2) is 8.42 Å². The van der Waals surface area contributed by atoms with Crippen LogP contribution >= 0.6 is 0 Å². The van der Waals surface area contributed by atoms with Crippen molar-refractivity contribution >= 4 is 10.0 Å². The molecule has 0 radical (unpaired) electrons. The number of fused-ring (bicyclic) bond motifs is 1. The van der Waals surface area contributed by atoms with E-state index in [0.29, 0.717) is 30.4 Å². The fourth-order valence-corrected chi connectivity index (χ4v) is 5.15. The molecule has 2 heterocycles. The maximum Gasteiger partial charge on any atom is 0.244 e. The summed E-state index contributed by atoms with van der Waals surface area (Å²) >= 11 is 0. The lowest BCUT2D eigenvalue weighted by molar-refractivity contribution is 0.136. The third-order valence-corrected chi connectivity index (χ3v) is 6.67. The number of nitrogens with zero attached hydrogens (tertiary/aromatic N) is 1. The van der Waals surface area contributed by atoms with E-state index in [0.717, 1.165) is 18.0 Å². The molecule has 5 nitrogen and oxygen atoms in total. The predicted octanol–water partition coefficient (Wildman–Crippen LogP) is 1.67. The monoisotopic (exact) mass is 297 g/mol. The van der Waals surface area contributed by atoms with Crippen molar-refractivity contribution in [3.8, 4) is 0 Å². The standard InChI is InChI=1S/C14H23N3O2S/c15-8-13-7-14(9-16-13)20(18,19)17-6-5-11-3-1-2-4-12(11)10-17/h7,9,11-12,16H,1-6,8,10,15H2. The molecule has 0 amide bonds. The van der Waals surface area contributed by atoms with Crippen LogP contribution in [0.4, 0.5) is 0 Å². The third-order valence-electron chi connectivity index (χ3n) is 4.83. The molecule has 0 bridgehead atoms. The molecule has 112 valence electrons. The normalized spacial score (nSPS) is 28.2. The Labute approximate surface area is 120 Å². The van der Waals surface area contributed by atoms with Crippen molar-refractivity contribution in [2.45, 2.75) is 43.5 Å². The van der Waals surface area contributed by atoms with Gasteiger partial charge in [-0.05, 0) is 30.7 Å². The maximum absolute atomic E-state index is 12.7. The number of nitrogens with two attached hydrogens (primary N) is 1. The second kappa shape index (κ2) is 5.50. The lowest BCUT2D eigenvalue weighted by Gasteiger charge is -2.40. The summed E-state index contributed by atoms with van der Waals surface area (Å²) in [4.78, 5) is 3.28. The van der Waals surface area contributed by atoms with Gasteiger partial charge in [-0.1, -0.05) is 19.3 Å². The highest BCUT2D eigenvalue weighted by Crippen LogP contribution is 2.37. The number of aromatic amines is 1. The summed E-state index contributed by atoms with van der Waals surface area (Å²) in [6, 6.07) is 1.66. The summed E-state index contributed by atoms with van der Waals surface area (Å²) in [7, 11) is -3.36. The van der Waals surface area contributed by atoms with Crippen molar-refractivity contribution in [1.82, 2.24) is 9.29 Å². The second-order valence-corrected chi connectivity index (χ2v) is 7.96. The Morgan fingerprint density at radius 1 is 1.25 bits per heavy atom. The van der Waals surface area contributed by atoms with E-state index in [2.05, 4.69) is 4.98 Å². The van der Waals surface area contributed by atoms with E-state index in [1.165, 1.54) is 25.7 Å². The Morgan fingerprint density at radius 3 is 2.70 bits per heavy atom. The van der Waals surface area contributed by atoms with Crippen LogP contribution in [0.1, 0.15) is 37.8 Å². The summed E-state index contributed by atoms with van der Waals surface area (Å²) in [5, 5.41) is 0. The van der Waals surface area contributed by atoms with Crippen LogP contribution in [0, 0.1) is 11.8 Å². The van der Waals surface area contributed by atoms with Crippen LogP contribution in [0.2, 0.25) is 0 Å². The number of nitrogens with one attached hydrogen (secondary N) is 1. The molecule has 20 heavy (non-hydrogen) atoms. The SMILES string of the molecule is NCc1cc(S(=O)(=O)N2CCC3CCCCC3C2)c[nH]1. The van der Waals surface area contributed by atoms with E-state index in [4.69, 9.17) is 5.73 Å². The smallest absolute Gasteiger partial charge is 0.244 e. The van der Waals surface area contributed by atoms with Gasteiger partial charge in [0.1, 0.15) is 0 Å². The number of rotatable bonds is 3. The minimum Gasteiger partial charge on any atom is -0.363 e. The van der Waals surface area contributed by atoms with E-state index < -0.39 is 10.0 Å². The summed E-state index contributed by atoms with van der Waals surface area (Å²) < 4.78 is 27.0. The molecule has 1 saturated carbocycles. The Morgan fingerprint density at radius 2 is 2.00 bits per heavy atom. The molecular weight excluding hydrogens is 274 g/mol. The fourth-order valence-electron chi connectivity index (χ4n) is 3.62. The van der Waals surface area contributed by atoms with Crippen molar-refractivity contribution in [2.24, 2.45) is 17.6 Å². The topological polar surface area (TPSA) is 79.2 Å². The number of H-pyrrole nitrogens is 1. The van der Waals surface area contributed by atoms with Gasteiger partial charge < -0.3 is 10.7 Å². The first-order valence-corrected chi connectivity index (χ1v) is 8.93. The van der Waals surface area contributed by atoms with Crippen LogP contribution in [-0.2, 0) is 16.6 Å². The van der Waals surface area contributed by atoms with Crippen molar-refractivity contribution in [3.05, 3.63) is 18.0 Å². The van der Waals surface area contributed by atoms with Crippen LogP contribution in [0.3, 0.4) is 0 Å². The van der Waals surface area contributed by atoms with Crippen LogP contribution in [-0.4, -0.2) is 30.8 Å². The lowest BCUT2D eigenvalue weighted by Crippen LogP contribution is -2.44. The van der Waals surface area contributed by atoms with Crippen LogP contribution < -0.4 is 5.73 Å². The summed E-state index contributed by atoms with van der Waals surface area (Å²) in [5.74, 6) is 1.29. The molecule has 0 spiro atoms. The van der Waals surface area contributed by atoms with Gasteiger partial charge >= 0.3 is 0 Å². The summed E-state index contributed by atoms with van der Waals surface area (Å²) in [5.41, 5.74) is 6.29. The number of piperidine rings is 1. The molecular formula is C14H23N3O2S. The Hall–Kier alpha value is -0.850. The highest BCUT2D eigenvalue weighted by molar-refractivity contribution is 7.89. The zero-order valence-corrected chi connectivity index (χ0v) is 12.5. The van der Waals surface area contributed by atoms with E-state index >= 15 is 0 Å². The van der Waals surface area contributed by atoms with Crippen molar-refractivity contribution in [3.63, 3.8) is 0 Å². The number of hydrogen-bond acceptors (Lipinski definition) is 3. The first-order chi connectivity index (χ1) is 9.61. The molecule has 2 aliphatic rings. The van der Waals surface area contributed by atoms with Gasteiger partial charge in [0, 0.05) is 31.5 Å². The fraction of sp³-hybridized carbons (Fsp3) is 0.714. The summed E-state index contributed by atoms with van der Waals surface area (Å²) in [6.45, 7) is 1.68. The largest absolute Gasteiger partial charge is 0.363 e. The molecule has 1 aromatic heterocycles. The first-order valence-electron chi connectivity index (χ1n) is 7.49. The van der Waals surface area contributed by atoms with E-state index in [1.54, 1.807) is 16.6 Å². The van der Waals surface area contributed by atoms with Crippen LogP contribution in [0.25, 0.3) is 0 Å². The Balaban J connectivity index is 1.77. The van der Waals surface area contributed by atoms with Gasteiger partial charge in [-0.15, -0.1) is 0 Å². The quantitative estimate of drug-likeness (QED) is 0.890. The van der Waals surface area contributed by atoms with E-state index in [-0.39, 0.29) is 0 Å². The predicted molar refractivity (Wildman–Crippen MR) is 77.5 cm³/mol. The molecule has 2 unspecified atom stereocenters. The van der Waals surface area contributed by atoms with Gasteiger partial charge in [0.05, 0.1) is 4.90 Å². The zero-order chi connectivity index (χ0) is 14.2. The molecule has 2 atom stereocenters. The van der Waals surface area contributed by atoms with Gasteiger partial charge in [0.15, 0.2) is 0 Å². The highest BCUT2D eigenvalue weighted by Gasteiger charge is 2.36. The average Bonchev–Trinajstić information content (AvgIpc) is 2.96. The highest BCUT2D eigenvalue weighted by atomic mass is 32.2. The van der Waals surface area contributed by atoms with Crippen LogP contribution in [0.15, 0.2) is 17.2 Å². The van der Waals surface area contributed by atoms with Gasteiger partial charge in [-0.3, -0.25) is 0 Å². The molecule has 2 fully saturated rings. The minimum atomic E-state index is -3.36. The van der Waals surface area contributed by atoms with Crippen molar-refractivity contribution in [1.29, 1.82) is 0 Å². The number of hydrogen-bond donors (Lipinski definition) is 2. The van der Waals surface area contributed by atoms with E-state index in [9.17, 15) is 8.42 Å². The minimum absolute atomic E-state index is 0.334. The number of aromatic nitrogens is 1. The van der Waals surface area contributed by atoms with Crippen molar-refractivity contribution in [2.75, 3.05) is 13.1 Å². The second-order valence-electron chi connectivity index (χ2n) is 6.02. The molecule has 1 aromatic rings. The third kappa shape index (κ3) is 2.52. The van der Waals surface area contributed by atoms with Gasteiger partial charge in [0.2, 0.25) is 10.0 Å².